The zero-order chi connectivity index (χ0) is 14.9. The number of anilines is 2. The normalized spacial score (nSPS) is 11.6. The number of benzene rings is 1. The first-order valence-electron chi connectivity index (χ1n) is 5.64. The molecule has 0 radical (unpaired) electrons. The summed E-state index contributed by atoms with van der Waals surface area (Å²) in [5.41, 5.74) is 6.73. The van der Waals surface area contributed by atoms with Crippen molar-refractivity contribution in [2.24, 2.45) is 0 Å². The maximum absolute atomic E-state index is 12.4. The van der Waals surface area contributed by atoms with Gasteiger partial charge < -0.3 is 5.73 Å². The van der Waals surface area contributed by atoms with Gasteiger partial charge in [-0.05, 0) is 34.5 Å². The van der Waals surface area contributed by atoms with E-state index in [-0.39, 0.29) is 10.6 Å². The van der Waals surface area contributed by atoms with Crippen LogP contribution in [0, 0.1) is 0 Å². The highest BCUT2D eigenvalue weighted by Crippen LogP contribution is 2.32. The van der Waals surface area contributed by atoms with Crippen LogP contribution in [-0.4, -0.2) is 18.6 Å². The molecule has 4 N–H and O–H groups in total. The van der Waals surface area contributed by atoms with E-state index in [9.17, 15) is 8.42 Å². The van der Waals surface area contributed by atoms with E-state index < -0.39 is 10.0 Å². The van der Waals surface area contributed by atoms with Crippen molar-refractivity contribution in [3.63, 3.8) is 0 Å². The van der Waals surface area contributed by atoms with Gasteiger partial charge in [0.1, 0.15) is 10.7 Å². The Morgan fingerprint density at radius 3 is 2.70 bits per heavy atom. The molecule has 0 fully saturated rings. The van der Waals surface area contributed by atoms with Crippen LogP contribution >= 0.6 is 31.9 Å². The molecule has 0 aliphatic carbocycles. The predicted molar refractivity (Wildman–Crippen MR) is 85.0 cm³/mol. The first kappa shape index (κ1) is 15.3. The summed E-state index contributed by atoms with van der Waals surface area (Å²) in [5.74, 6) is 0.349. The van der Waals surface area contributed by atoms with Gasteiger partial charge in [0, 0.05) is 14.5 Å². The van der Waals surface area contributed by atoms with E-state index in [1.54, 1.807) is 12.3 Å². The summed E-state index contributed by atoms with van der Waals surface area (Å²) < 4.78 is 28.4. The van der Waals surface area contributed by atoms with Crippen molar-refractivity contribution in [2.75, 3.05) is 10.5 Å². The van der Waals surface area contributed by atoms with E-state index in [1.165, 1.54) is 6.07 Å². The van der Waals surface area contributed by atoms with Crippen LogP contribution in [0.3, 0.4) is 0 Å². The molecule has 0 aliphatic rings. The maximum Gasteiger partial charge on any atom is 0.266 e. The number of H-pyrrole nitrogens is 1. The Morgan fingerprint density at radius 1 is 1.40 bits per heavy atom. The molecule has 6 nitrogen and oxygen atoms in total. The average molecular weight is 424 g/mol. The molecule has 1 aromatic carbocycles. The van der Waals surface area contributed by atoms with Crippen LogP contribution in [0.4, 0.5) is 11.5 Å². The largest absolute Gasteiger partial charge is 0.398 e. The topological polar surface area (TPSA) is 101 Å². The zero-order valence-corrected chi connectivity index (χ0v) is 14.4. The first-order valence-corrected chi connectivity index (χ1v) is 8.71. The van der Waals surface area contributed by atoms with Crippen molar-refractivity contribution in [3.05, 3.63) is 32.8 Å². The van der Waals surface area contributed by atoms with Crippen molar-refractivity contribution >= 4 is 53.4 Å². The molecule has 20 heavy (non-hydrogen) atoms. The monoisotopic (exact) mass is 422 g/mol. The highest BCUT2D eigenvalue weighted by Gasteiger charge is 2.23. The molecule has 1 heterocycles. The fourth-order valence-corrected chi connectivity index (χ4v) is 4.85. The number of aromatic nitrogens is 2. The average Bonchev–Trinajstić information content (AvgIpc) is 2.73. The molecule has 108 valence electrons. The minimum Gasteiger partial charge on any atom is -0.398 e. The molecule has 0 atom stereocenters. The van der Waals surface area contributed by atoms with E-state index in [0.717, 1.165) is 5.56 Å². The summed E-state index contributed by atoms with van der Waals surface area (Å²) in [5, 5.41) is 6.45. The highest BCUT2D eigenvalue weighted by molar-refractivity contribution is 9.11. The van der Waals surface area contributed by atoms with Crippen molar-refractivity contribution in [1.82, 2.24) is 10.2 Å². The second-order valence-corrected chi connectivity index (χ2v) is 7.42. The number of nitrogens with zero attached hydrogens (tertiary/aromatic N) is 1. The van der Waals surface area contributed by atoms with Crippen LogP contribution in [-0.2, 0) is 16.4 Å². The standard InChI is InChI=1S/C11H12Br2N4O2S/c1-2-6-5-15-16-11(6)17-20(18,19)10-8(13)3-7(12)4-9(10)14/h3-5H,2,14H2,1H3,(H2,15,16,17). The van der Waals surface area contributed by atoms with Gasteiger partial charge in [0.2, 0.25) is 0 Å². The molecule has 9 heteroatoms. The molecule has 2 rings (SSSR count). The Morgan fingerprint density at radius 2 is 2.10 bits per heavy atom. The van der Waals surface area contributed by atoms with Crippen LogP contribution in [0.1, 0.15) is 12.5 Å². The number of sulfonamides is 1. The van der Waals surface area contributed by atoms with Gasteiger partial charge in [-0.25, -0.2) is 8.42 Å². The Balaban J connectivity index is 2.46. The lowest BCUT2D eigenvalue weighted by atomic mass is 10.3. The molecular formula is C11H12Br2N4O2S. The van der Waals surface area contributed by atoms with Gasteiger partial charge in [-0.2, -0.15) is 5.10 Å². The molecule has 2 aromatic rings. The minimum atomic E-state index is -3.81. The smallest absolute Gasteiger partial charge is 0.266 e. The van der Waals surface area contributed by atoms with Crippen LogP contribution in [0.25, 0.3) is 0 Å². The lowest BCUT2D eigenvalue weighted by Gasteiger charge is -2.12. The van der Waals surface area contributed by atoms with Gasteiger partial charge in [0.25, 0.3) is 10.0 Å². The number of nitrogen functional groups attached to an aromatic ring is 1. The fourth-order valence-electron chi connectivity index (χ4n) is 1.72. The quantitative estimate of drug-likeness (QED) is 0.658. The Labute approximate surface area is 133 Å². The van der Waals surface area contributed by atoms with Crippen LogP contribution < -0.4 is 10.5 Å². The van der Waals surface area contributed by atoms with Crippen molar-refractivity contribution in [3.8, 4) is 0 Å². The van der Waals surface area contributed by atoms with Gasteiger partial charge in [0.15, 0.2) is 0 Å². The van der Waals surface area contributed by atoms with Gasteiger partial charge >= 0.3 is 0 Å². The number of aryl methyl sites for hydroxylation is 1. The minimum absolute atomic E-state index is 0.00245. The molecule has 0 saturated carbocycles. The number of hydrogen-bond acceptors (Lipinski definition) is 4. The second kappa shape index (κ2) is 5.74. The molecule has 0 unspecified atom stereocenters. The van der Waals surface area contributed by atoms with Crippen molar-refractivity contribution < 1.29 is 8.42 Å². The number of aromatic amines is 1. The Bertz CT molecular complexity index is 720. The fraction of sp³-hybridized carbons (Fsp3) is 0.182. The molecule has 1 aromatic heterocycles. The first-order chi connectivity index (χ1) is 9.35. The Hall–Kier alpha value is -1.06. The summed E-state index contributed by atoms with van der Waals surface area (Å²) in [6, 6.07) is 3.16. The molecule has 0 spiro atoms. The van der Waals surface area contributed by atoms with Gasteiger partial charge in [-0.1, -0.05) is 22.9 Å². The van der Waals surface area contributed by atoms with E-state index in [2.05, 4.69) is 46.8 Å². The van der Waals surface area contributed by atoms with E-state index in [1.807, 2.05) is 6.92 Å². The van der Waals surface area contributed by atoms with Crippen LogP contribution in [0.15, 0.2) is 32.2 Å². The summed E-state index contributed by atoms with van der Waals surface area (Å²) in [7, 11) is -3.81. The maximum atomic E-state index is 12.4. The number of halogens is 2. The molecule has 0 bridgehead atoms. The van der Waals surface area contributed by atoms with Gasteiger partial charge in [-0.3, -0.25) is 9.82 Å². The van der Waals surface area contributed by atoms with E-state index in [0.29, 0.717) is 21.2 Å². The van der Waals surface area contributed by atoms with E-state index in [4.69, 9.17) is 5.73 Å². The SMILES string of the molecule is CCc1cn[nH]c1NS(=O)(=O)c1c(N)cc(Br)cc1Br. The molecule has 0 saturated heterocycles. The molecule has 0 amide bonds. The number of rotatable bonds is 4. The predicted octanol–water partition coefficient (Wildman–Crippen LogP) is 2.88. The lowest BCUT2D eigenvalue weighted by molar-refractivity contribution is 0.601. The molecule has 0 aliphatic heterocycles. The third-order valence-electron chi connectivity index (χ3n) is 2.64. The van der Waals surface area contributed by atoms with Gasteiger partial charge in [0.05, 0.1) is 11.9 Å². The third-order valence-corrected chi connectivity index (χ3v) is 5.45. The third kappa shape index (κ3) is 2.99. The number of nitrogens with two attached hydrogens (primary N) is 1. The van der Waals surface area contributed by atoms with Crippen LogP contribution in [0.2, 0.25) is 0 Å². The zero-order valence-electron chi connectivity index (χ0n) is 10.4. The highest BCUT2D eigenvalue weighted by atomic mass is 79.9. The Kier molecular flexibility index (Phi) is 4.40. The summed E-state index contributed by atoms with van der Waals surface area (Å²) in [6.45, 7) is 1.91. The second-order valence-electron chi connectivity index (χ2n) is 4.04. The number of nitrogens with one attached hydrogen (secondary N) is 2. The van der Waals surface area contributed by atoms with Crippen LogP contribution in [0.5, 0.6) is 0 Å². The van der Waals surface area contributed by atoms with Gasteiger partial charge in [-0.15, -0.1) is 0 Å². The van der Waals surface area contributed by atoms with E-state index >= 15 is 0 Å². The molecular weight excluding hydrogens is 412 g/mol. The van der Waals surface area contributed by atoms with Crippen molar-refractivity contribution in [2.45, 2.75) is 18.2 Å². The summed E-state index contributed by atoms with van der Waals surface area (Å²) in [4.78, 5) is -0.00245. The summed E-state index contributed by atoms with van der Waals surface area (Å²) in [6.07, 6.45) is 2.24. The van der Waals surface area contributed by atoms with Crippen molar-refractivity contribution in [1.29, 1.82) is 0 Å². The number of hydrogen-bond donors (Lipinski definition) is 3. The summed E-state index contributed by atoms with van der Waals surface area (Å²) >= 11 is 6.47. The lowest BCUT2D eigenvalue weighted by Crippen LogP contribution is -2.16.